The van der Waals surface area contributed by atoms with Crippen molar-refractivity contribution < 1.29 is 0 Å². The fraction of sp³-hybridized carbons (Fsp3) is 0.231. The largest absolute Gasteiger partial charge is 0.339 e. The minimum Gasteiger partial charge on any atom is -0.339 e. The number of hydrogen-bond acceptors (Lipinski definition) is 1. The molecule has 1 unspecified atom stereocenters. The summed E-state index contributed by atoms with van der Waals surface area (Å²) in [4.78, 5) is 2.33. The number of benzene rings is 1. The molecule has 1 aromatic carbocycles. The van der Waals surface area contributed by atoms with Crippen LogP contribution >= 0.6 is 0 Å². The lowest BCUT2D eigenvalue weighted by Gasteiger charge is -2.32. The molecular formula is C13H15N. The average molecular weight is 185 g/mol. The van der Waals surface area contributed by atoms with Crippen LogP contribution in [0.5, 0.6) is 0 Å². The molecule has 0 aliphatic carbocycles. The SMILES string of the molecule is CC1=CC=CC(C)N1c1ccccc1. The number of allylic oxidation sites excluding steroid dienone is 3. The predicted molar refractivity (Wildman–Crippen MR) is 61.3 cm³/mol. The van der Waals surface area contributed by atoms with Gasteiger partial charge in [0.1, 0.15) is 0 Å². The predicted octanol–water partition coefficient (Wildman–Crippen LogP) is 3.36. The minimum atomic E-state index is 0.447. The molecule has 0 spiro atoms. The van der Waals surface area contributed by atoms with Crippen LogP contribution in [0.25, 0.3) is 0 Å². The van der Waals surface area contributed by atoms with Crippen LogP contribution in [0.4, 0.5) is 5.69 Å². The highest BCUT2D eigenvalue weighted by atomic mass is 15.2. The van der Waals surface area contributed by atoms with Gasteiger partial charge in [-0.25, -0.2) is 0 Å². The van der Waals surface area contributed by atoms with Crippen LogP contribution in [0.15, 0.2) is 54.3 Å². The van der Waals surface area contributed by atoms with Crippen molar-refractivity contribution in [2.45, 2.75) is 19.9 Å². The van der Waals surface area contributed by atoms with Crippen LogP contribution in [0.3, 0.4) is 0 Å². The Morgan fingerprint density at radius 3 is 2.50 bits per heavy atom. The molecule has 1 heterocycles. The number of rotatable bonds is 1. The van der Waals surface area contributed by atoms with Gasteiger partial charge in [-0.3, -0.25) is 0 Å². The van der Waals surface area contributed by atoms with Crippen molar-refractivity contribution in [3.63, 3.8) is 0 Å². The zero-order valence-corrected chi connectivity index (χ0v) is 8.64. The first-order chi connectivity index (χ1) is 6.79. The highest BCUT2D eigenvalue weighted by molar-refractivity contribution is 5.55. The lowest BCUT2D eigenvalue weighted by molar-refractivity contribution is 0.809. The highest BCUT2D eigenvalue weighted by Crippen LogP contribution is 2.24. The van der Waals surface area contributed by atoms with Crippen LogP contribution < -0.4 is 4.90 Å². The quantitative estimate of drug-likeness (QED) is 0.648. The van der Waals surface area contributed by atoms with E-state index in [4.69, 9.17) is 0 Å². The van der Waals surface area contributed by atoms with Crippen molar-refractivity contribution in [1.82, 2.24) is 0 Å². The fourth-order valence-electron chi connectivity index (χ4n) is 1.87. The van der Waals surface area contributed by atoms with E-state index in [0.29, 0.717) is 6.04 Å². The summed E-state index contributed by atoms with van der Waals surface area (Å²) in [6.07, 6.45) is 6.48. The van der Waals surface area contributed by atoms with Crippen LogP contribution in [-0.2, 0) is 0 Å². The van der Waals surface area contributed by atoms with Crippen LogP contribution in [0, 0.1) is 0 Å². The van der Waals surface area contributed by atoms with Crippen molar-refractivity contribution in [2.75, 3.05) is 4.90 Å². The molecule has 1 nitrogen and oxygen atoms in total. The average Bonchev–Trinajstić information content (AvgIpc) is 2.19. The number of hydrogen-bond donors (Lipinski definition) is 0. The maximum Gasteiger partial charge on any atom is 0.0493 e. The molecule has 0 fully saturated rings. The van der Waals surface area contributed by atoms with Gasteiger partial charge in [-0.2, -0.15) is 0 Å². The Labute approximate surface area is 85.4 Å². The molecule has 2 rings (SSSR count). The van der Waals surface area contributed by atoms with Gasteiger partial charge in [-0.05, 0) is 32.1 Å². The van der Waals surface area contributed by atoms with E-state index in [-0.39, 0.29) is 0 Å². The molecule has 72 valence electrons. The second kappa shape index (κ2) is 3.70. The molecule has 1 aliphatic heterocycles. The summed E-state index contributed by atoms with van der Waals surface area (Å²) in [6, 6.07) is 10.9. The topological polar surface area (TPSA) is 3.24 Å². The van der Waals surface area contributed by atoms with E-state index < -0.39 is 0 Å². The molecule has 0 aromatic heterocycles. The van der Waals surface area contributed by atoms with E-state index in [9.17, 15) is 0 Å². The van der Waals surface area contributed by atoms with Crippen molar-refractivity contribution in [2.24, 2.45) is 0 Å². The molecule has 0 bridgehead atoms. The van der Waals surface area contributed by atoms with Crippen LogP contribution in [0.2, 0.25) is 0 Å². The molecule has 0 saturated heterocycles. The maximum absolute atomic E-state index is 2.33. The van der Waals surface area contributed by atoms with Gasteiger partial charge in [-0.15, -0.1) is 0 Å². The van der Waals surface area contributed by atoms with Gasteiger partial charge < -0.3 is 4.90 Å². The molecule has 0 saturated carbocycles. The van der Waals surface area contributed by atoms with Crippen molar-refractivity contribution in [3.8, 4) is 0 Å². The van der Waals surface area contributed by atoms with E-state index in [0.717, 1.165) is 0 Å². The van der Waals surface area contributed by atoms with Crippen molar-refractivity contribution in [3.05, 3.63) is 54.3 Å². The summed E-state index contributed by atoms with van der Waals surface area (Å²) >= 11 is 0. The molecule has 14 heavy (non-hydrogen) atoms. The minimum absolute atomic E-state index is 0.447. The Bertz CT molecular complexity index is 362. The Kier molecular flexibility index (Phi) is 2.40. The third kappa shape index (κ3) is 1.58. The third-order valence-corrected chi connectivity index (χ3v) is 2.55. The van der Waals surface area contributed by atoms with Gasteiger partial charge in [0.05, 0.1) is 0 Å². The number of para-hydroxylation sites is 1. The smallest absolute Gasteiger partial charge is 0.0493 e. The maximum atomic E-state index is 2.33. The summed E-state index contributed by atoms with van der Waals surface area (Å²) in [7, 11) is 0. The number of anilines is 1. The van der Waals surface area contributed by atoms with Gasteiger partial charge in [0, 0.05) is 17.4 Å². The van der Waals surface area contributed by atoms with E-state index >= 15 is 0 Å². The molecule has 0 N–H and O–H groups in total. The monoisotopic (exact) mass is 185 g/mol. The Morgan fingerprint density at radius 1 is 1.14 bits per heavy atom. The molecule has 1 heteroatoms. The van der Waals surface area contributed by atoms with Gasteiger partial charge in [0.2, 0.25) is 0 Å². The van der Waals surface area contributed by atoms with Crippen molar-refractivity contribution in [1.29, 1.82) is 0 Å². The molecule has 0 amide bonds. The summed E-state index contributed by atoms with van der Waals surface area (Å²) in [5.74, 6) is 0. The highest BCUT2D eigenvalue weighted by Gasteiger charge is 2.15. The Hall–Kier alpha value is -1.50. The standard InChI is InChI=1S/C13H15N/c1-11-7-6-8-12(2)14(11)13-9-4-3-5-10-13/h3-11H,1-2H3. The molecule has 1 aliphatic rings. The lowest BCUT2D eigenvalue weighted by atomic mass is 10.1. The van der Waals surface area contributed by atoms with Gasteiger partial charge in [0.25, 0.3) is 0 Å². The van der Waals surface area contributed by atoms with Gasteiger partial charge >= 0.3 is 0 Å². The van der Waals surface area contributed by atoms with Crippen LogP contribution in [-0.4, -0.2) is 6.04 Å². The van der Waals surface area contributed by atoms with Crippen LogP contribution in [0.1, 0.15) is 13.8 Å². The zero-order chi connectivity index (χ0) is 9.97. The van der Waals surface area contributed by atoms with Gasteiger partial charge in [-0.1, -0.05) is 30.4 Å². The number of nitrogens with zero attached hydrogens (tertiary/aromatic N) is 1. The lowest BCUT2D eigenvalue weighted by Crippen LogP contribution is -2.31. The normalized spacial score (nSPS) is 20.9. The molecule has 1 atom stereocenters. The first-order valence-corrected chi connectivity index (χ1v) is 4.98. The Balaban J connectivity index is 2.35. The van der Waals surface area contributed by atoms with Gasteiger partial charge in [0.15, 0.2) is 0 Å². The second-order valence-corrected chi connectivity index (χ2v) is 3.64. The first kappa shape index (κ1) is 9.07. The summed E-state index contributed by atoms with van der Waals surface area (Å²) in [6.45, 7) is 4.35. The van der Waals surface area contributed by atoms with Crippen molar-refractivity contribution >= 4 is 5.69 Å². The molecule has 0 radical (unpaired) electrons. The van der Waals surface area contributed by atoms with E-state index in [2.05, 4.69) is 61.2 Å². The third-order valence-electron chi connectivity index (χ3n) is 2.55. The van der Waals surface area contributed by atoms with E-state index in [1.807, 2.05) is 6.07 Å². The second-order valence-electron chi connectivity index (χ2n) is 3.64. The summed E-state index contributed by atoms with van der Waals surface area (Å²) in [5, 5.41) is 0. The first-order valence-electron chi connectivity index (χ1n) is 4.98. The van der Waals surface area contributed by atoms with E-state index in [1.54, 1.807) is 0 Å². The summed E-state index contributed by atoms with van der Waals surface area (Å²) < 4.78 is 0. The molecular weight excluding hydrogens is 170 g/mol. The Morgan fingerprint density at radius 2 is 1.86 bits per heavy atom. The zero-order valence-electron chi connectivity index (χ0n) is 8.64. The molecule has 1 aromatic rings. The van der Waals surface area contributed by atoms with E-state index in [1.165, 1.54) is 11.4 Å². The fourth-order valence-corrected chi connectivity index (χ4v) is 1.87. The summed E-state index contributed by atoms with van der Waals surface area (Å²) in [5.41, 5.74) is 2.56.